The Labute approximate surface area is 132 Å². The zero-order valence-electron chi connectivity index (χ0n) is 13.4. The summed E-state index contributed by atoms with van der Waals surface area (Å²) < 4.78 is 0. The number of carbonyl (C=O) groups is 1. The molecule has 2 aromatic carbocycles. The van der Waals surface area contributed by atoms with Gasteiger partial charge in [0.05, 0.1) is 0 Å². The molecule has 0 bridgehead atoms. The van der Waals surface area contributed by atoms with Crippen molar-refractivity contribution in [1.29, 1.82) is 5.41 Å². The number of nitrogens with zero attached hydrogens (tertiary/aromatic N) is 1. The third kappa shape index (κ3) is 3.82. The first kappa shape index (κ1) is 16.0. The fourth-order valence-corrected chi connectivity index (χ4v) is 2.47. The van der Waals surface area contributed by atoms with Gasteiger partial charge < -0.3 is 10.3 Å². The van der Waals surface area contributed by atoms with Gasteiger partial charge in [0, 0.05) is 29.9 Å². The van der Waals surface area contributed by atoms with Crippen LogP contribution in [0.25, 0.3) is 0 Å². The maximum absolute atomic E-state index is 12.7. The van der Waals surface area contributed by atoms with Crippen LogP contribution in [0.15, 0.2) is 48.5 Å². The predicted octanol–water partition coefficient (Wildman–Crippen LogP) is 4.24. The van der Waals surface area contributed by atoms with Crippen molar-refractivity contribution in [2.45, 2.75) is 27.2 Å². The molecule has 2 aromatic rings. The molecule has 1 N–H and O–H groups in total. The van der Waals surface area contributed by atoms with E-state index in [0.717, 1.165) is 16.8 Å². The molecule has 2 rings (SSSR count). The summed E-state index contributed by atoms with van der Waals surface area (Å²) in [6.07, 6.45) is 0.629. The third-order valence-corrected chi connectivity index (χ3v) is 3.54. The van der Waals surface area contributed by atoms with E-state index in [4.69, 9.17) is 5.41 Å². The van der Waals surface area contributed by atoms with Gasteiger partial charge in [0.1, 0.15) is 0 Å². The van der Waals surface area contributed by atoms with Gasteiger partial charge in [-0.25, -0.2) is 0 Å². The number of benzene rings is 2. The number of hydrogen-bond donors (Lipinski definition) is 1. The molecule has 0 spiro atoms. The summed E-state index contributed by atoms with van der Waals surface area (Å²) in [7, 11) is 0. The number of anilines is 1. The zero-order valence-corrected chi connectivity index (χ0v) is 13.4. The SMILES string of the molecule is CCN(C(=O)c1ccc(CC(C)=N)cc1)c1cccc(C)c1. The smallest absolute Gasteiger partial charge is 0.258 e. The second-order valence-electron chi connectivity index (χ2n) is 5.54. The number of aryl methyl sites for hydroxylation is 1. The van der Waals surface area contributed by atoms with Gasteiger partial charge in [-0.2, -0.15) is 0 Å². The molecule has 0 unspecified atom stereocenters. The van der Waals surface area contributed by atoms with Gasteiger partial charge in [0.25, 0.3) is 5.91 Å². The topological polar surface area (TPSA) is 44.2 Å². The molecule has 3 heteroatoms. The Morgan fingerprint density at radius 1 is 1.14 bits per heavy atom. The number of nitrogens with one attached hydrogen (secondary N) is 1. The molecule has 0 radical (unpaired) electrons. The van der Waals surface area contributed by atoms with Crippen LogP contribution in [-0.2, 0) is 6.42 Å². The molecule has 0 saturated heterocycles. The van der Waals surface area contributed by atoms with Gasteiger partial charge in [-0.15, -0.1) is 0 Å². The standard InChI is InChI=1S/C19H22N2O/c1-4-21(18-7-5-6-14(2)12-18)19(22)17-10-8-16(9-11-17)13-15(3)20/h5-12,20H,4,13H2,1-3H3. The van der Waals surface area contributed by atoms with Gasteiger partial charge in [-0.05, 0) is 56.2 Å². The molecule has 0 saturated carbocycles. The predicted molar refractivity (Wildman–Crippen MR) is 92.1 cm³/mol. The second-order valence-corrected chi connectivity index (χ2v) is 5.54. The van der Waals surface area contributed by atoms with E-state index in [2.05, 4.69) is 0 Å². The fraction of sp³-hybridized carbons (Fsp3) is 0.263. The Morgan fingerprint density at radius 3 is 2.36 bits per heavy atom. The summed E-state index contributed by atoms with van der Waals surface area (Å²) in [5.74, 6) is 0.00576. The summed E-state index contributed by atoms with van der Waals surface area (Å²) >= 11 is 0. The summed E-state index contributed by atoms with van der Waals surface area (Å²) in [5.41, 5.74) is 4.42. The molecule has 0 aliphatic heterocycles. The van der Waals surface area contributed by atoms with Crippen molar-refractivity contribution in [1.82, 2.24) is 0 Å². The highest BCUT2D eigenvalue weighted by Gasteiger charge is 2.16. The van der Waals surface area contributed by atoms with Crippen LogP contribution in [0.1, 0.15) is 35.3 Å². The van der Waals surface area contributed by atoms with Gasteiger partial charge in [-0.3, -0.25) is 4.79 Å². The molecular weight excluding hydrogens is 272 g/mol. The first-order valence-electron chi connectivity index (χ1n) is 7.52. The minimum absolute atomic E-state index is 0.00576. The summed E-state index contributed by atoms with van der Waals surface area (Å²) in [6, 6.07) is 15.5. The molecule has 22 heavy (non-hydrogen) atoms. The van der Waals surface area contributed by atoms with E-state index in [9.17, 15) is 4.79 Å². The van der Waals surface area contributed by atoms with Crippen LogP contribution in [0, 0.1) is 12.3 Å². The van der Waals surface area contributed by atoms with E-state index >= 15 is 0 Å². The van der Waals surface area contributed by atoms with Crippen molar-refractivity contribution >= 4 is 17.3 Å². The van der Waals surface area contributed by atoms with E-state index in [-0.39, 0.29) is 5.91 Å². The van der Waals surface area contributed by atoms with E-state index in [1.807, 2.05) is 62.4 Å². The maximum Gasteiger partial charge on any atom is 0.258 e. The minimum Gasteiger partial charge on any atom is -0.310 e. The van der Waals surface area contributed by atoms with Crippen molar-refractivity contribution in [3.8, 4) is 0 Å². The molecule has 1 amide bonds. The van der Waals surface area contributed by atoms with Gasteiger partial charge >= 0.3 is 0 Å². The number of rotatable bonds is 5. The monoisotopic (exact) mass is 294 g/mol. The van der Waals surface area contributed by atoms with Gasteiger partial charge in [0.2, 0.25) is 0 Å². The van der Waals surface area contributed by atoms with E-state index in [1.165, 1.54) is 0 Å². The van der Waals surface area contributed by atoms with Crippen molar-refractivity contribution in [3.63, 3.8) is 0 Å². The van der Waals surface area contributed by atoms with Crippen LogP contribution >= 0.6 is 0 Å². The lowest BCUT2D eigenvalue weighted by atomic mass is 10.1. The van der Waals surface area contributed by atoms with Gasteiger partial charge in [-0.1, -0.05) is 24.3 Å². The highest BCUT2D eigenvalue weighted by Crippen LogP contribution is 2.19. The average Bonchev–Trinajstić information content (AvgIpc) is 2.48. The summed E-state index contributed by atoms with van der Waals surface area (Å²) in [4.78, 5) is 14.5. The number of carbonyl (C=O) groups excluding carboxylic acids is 1. The average molecular weight is 294 g/mol. The van der Waals surface area contributed by atoms with E-state index in [1.54, 1.807) is 11.8 Å². The Hall–Kier alpha value is -2.42. The minimum atomic E-state index is 0.00576. The van der Waals surface area contributed by atoms with E-state index in [0.29, 0.717) is 24.2 Å². The Balaban J connectivity index is 2.23. The molecule has 0 aliphatic rings. The Morgan fingerprint density at radius 2 is 1.82 bits per heavy atom. The normalized spacial score (nSPS) is 10.3. The van der Waals surface area contributed by atoms with E-state index < -0.39 is 0 Å². The Kier molecular flexibility index (Phi) is 5.10. The third-order valence-electron chi connectivity index (χ3n) is 3.54. The highest BCUT2D eigenvalue weighted by molar-refractivity contribution is 6.06. The number of hydrogen-bond acceptors (Lipinski definition) is 2. The lowest BCUT2D eigenvalue weighted by Crippen LogP contribution is -2.30. The second kappa shape index (κ2) is 7.03. The van der Waals surface area contributed by atoms with Crippen LogP contribution in [0.4, 0.5) is 5.69 Å². The molecular formula is C19H22N2O. The first-order valence-corrected chi connectivity index (χ1v) is 7.52. The quantitative estimate of drug-likeness (QED) is 0.823. The van der Waals surface area contributed by atoms with Crippen LogP contribution in [-0.4, -0.2) is 18.2 Å². The van der Waals surface area contributed by atoms with Crippen LogP contribution < -0.4 is 4.90 Å². The molecule has 0 heterocycles. The lowest BCUT2D eigenvalue weighted by molar-refractivity contribution is 0.0988. The first-order chi connectivity index (χ1) is 10.5. The van der Waals surface area contributed by atoms with Crippen LogP contribution in [0.5, 0.6) is 0 Å². The number of amides is 1. The molecule has 0 fully saturated rings. The summed E-state index contributed by atoms with van der Waals surface area (Å²) in [6.45, 7) is 6.42. The lowest BCUT2D eigenvalue weighted by Gasteiger charge is -2.21. The molecule has 0 aromatic heterocycles. The summed E-state index contributed by atoms with van der Waals surface area (Å²) in [5, 5.41) is 7.53. The maximum atomic E-state index is 12.7. The molecule has 3 nitrogen and oxygen atoms in total. The van der Waals surface area contributed by atoms with Crippen molar-refractivity contribution < 1.29 is 4.79 Å². The fourth-order valence-electron chi connectivity index (χ4n) is 2.47. The van der Waals surface area contributed by atoms with Crippen LogP contribution in [0.3, 0.4) is 0 Å². The molecule has 114 valence electrons. The van der Waals surface area contributed by atoms with Gasteiger partial charge in [0.15, 0.2) is 0 Å². The van der Waals surface area contributed by atoms with Crippen LogP contribution in [0.2, 0.25) is 0 Å². The molecule has 0 atom stereocenters. The van der Waals surface area contributed by atoms with Crippen molar-refractivity contribution in [2.24, 2.45) is 0 Å². The largest absolute Gasteiger partial charge is 0.310 e. The van der Waals surface area contributed by atoms with Crippen molar-refractivity contribution in [2.75, 3.05) is 11.4 Å². The molecule has 0 aliphatic carbocycles. The Bertz CT molecular complexity index is 674. The highest BCUT2D eigenvalue weighted by atomic mass is 16.2. The zero-order chi connectivity index (χ0) is 16.1. The van der Waals surface area contributed by atoms with Crippen molar-refractivity contribution in [3.05, 3.63) is 65.2 Å².